The molecule has 0 radical (unpaired) electrons. The summed E-state index contributed by atoms with van der Waals surface area (Å²) in [6, 6.07) is 8.30. The van der Waals surface area contributed by atoms with Crippen molar-refractivity contribution in [3.05, 3.63) is 29.8 Å². The lowest BCUT2D eigenvalue weighted by atomic mass is 9.74. The number of rotatable bonds is 8. The molecule has 0 aromatic heterocycles. The van der Waals surface area contributed by atoms with Crippen molar-refractivity contribution < 1.29 is 14.3 Å². The molecule has 1 unspecified atom stereocenters. The molecule has 1 atom stereocenters. The summed E-state index contributed by atoms with van der Waals surface area (Å²) in [5, 5.41) is 3.11. The molecule has 0 aliphatic carbocycles. The minimum absolute atomic E-state index is 0. The van der Waals surface area contributed by atoms with Crippen LogP contribution < -0.4 is 15.8 Å². The third-order valence-corrected chi connectivity index (χ3v) is 4.68. The molecule has 1 fully saturated rings. The first kappa shape index (κ1) is 21.7. The Kier molecular flexibility index (Phi) is 9.25. The van der Waals surface area contributed by atoms with Crippen LogP contribution in [0.2, 0.25) is 0 Å². The Morgan fingerprint density at radius 1 is 1.32 bits per heavy atom. The molecule has 2 rings (SSSR count). The quantitative estimate of drug-likeness (QED) is 0.738. The van der Waals surface area contributed by atoms with Crippen molar-refractivity contribution in [1.82, 2.24) is 5.32 Å². The highest BCUT2D eigenvalue weighted by atomic mass is 35.5. The van der Waals surface area contributed by atoms with Gasteiger partial charge in [0.05, 0.1) is 6.61 Å². The number of carbonyl (C=O) groups excluding carboxylic acids is 1. The van der Waals surface area contributed by atoms with Gasteiger partial charge >= 0.3 is 0 Å². The lowest BCUT2D eigenvalue weighted by Gasteiger charge is -2.38. The van der Waals surface area contributed by atoms with E-state index in [2.05, 4.69) is 17.4 Å². The summed E-state index contributed by atoms with van der Waals surface area (Å²) in [7, 11) is 0. The van der Waals surface area contributed by atoms with E-state index in [0.717, 1.165) is 31.8 Å². The Hall–Kier alpha value is -1.30. The van der Waals surface area contributed by atoms with Crippen molar-refractivity contribution in [2.45, 2.75) is 51.0 Å². The topological polar surface area (TPSA) is 73.6 Å². The Morgan fingerprint density at radius 2 is 1.96 bits per heavy atom. The number of hydrogen-bond donors (Lipinski definition) is 2. The molecule has 1 aliphatic rings. The van der Waals surface area contributed by atoms with Gasteiger partial charge in [0.1, 0.15) is 5.75 Å². The fourth-order valence-electron chi connectivity index (χ4n) is 3.12. The number of amides is 1. The molecule has 0 saturated carbocycles. The zero-order valence-electron chi connectivity index (χ0n) is 15.3. The largest absolute Gasteiger partial charge is 0.494 e. The Balaban J connectivity index is 0.00000312. The van der Waals surface area contributed by atoms with E-state index in [1.165, 1.54) is 5.56 Å². The predicted molar refractivity (Wildman–Crippen MR) is 102 cm³/mol. The molecule has 0 spiro atoms. The van der Waals surface area contributed by atoms with Crippen molar-refractivity contribution in [3.8, 4) is 5.75 Å². The molecule has 1 aromatic carbocycles. The van der Waals surface area contributed by atoms with Gasteiger partial charge in [-0.1, -0.05) is 12.1 Å². The van der Waals surface area contributed by atoms with Gasteiger partial charge in [0.25, 0.3) is 0 Å². The first-order chi connectivity index (χ1) is 11.6. The summed E-state index contributed by atoms with van der Waals surface area (Å²) in [4.78, 5) is 12.1. The molecule has 1 saturated heterocycles. The van der Waals surface area contributed by atoms with Crippen LogP contribution in [-0.4, -0.2) is 38.3 Å². The van der Waals surface area contributed by atoms with Gasteiger partial charge in [0.15, 0.2) is 0 Å². The molecule has 142 valence electrons. The maximum atomic E-state index is 12.1. The summed E-state index contributed by atoms with van der Waals surface area (Å²) in [5.74, 6) is 0.952. The summed E-state index contributed by atoms with van der Waals surface area (Å²) < 4.78 is 11.1. The first-order valence-corrected chi connectivity index (χ1v) is 8.89. The summed E-state index contributed by atoms with van der Waals surface area (Å²) >= 11 is 0. The standard InChI is InChI=1S/C19H30N2O3.ClH/c1-3-24-17-7-5-16(6-8-17)19(10-12-23-13-11-19)14-21-18(22)9-4-15(2)20;/h5-8,15H,3-4,9-14,20H2,1-2H3,(H,21,22);1H. The molecule has 25 heavy (non-hydrogen) atoms. The Bertz CT molecular complexity index is 514. The normalized spacial score (nSPS) is 17.2. The third kappa shape index (κ3) is 6.49. The van der Waals surface area contributed by atoms with E-state index in [1.54, 1.807) is 0 Å². The van der Waals surface area contributed by atoms with Gasteiger partial charge in [-0.2, -0.15) is 0 Å². The zero-order chi connectivity index (χ0) is 17.4. The second kappa shape index (κ2) is 10.6. The highest BCUT2D eigenvalue weighted by Gasteiger charge is 2.34. The average molecular weight is 371 g/mol. The molecule has 1 heterocycles. The van der Waals surface area contributed by atoms with E-state index >= 15 is 0 Å². The van der Waals surface area contributed by atoms with Gasteiger partial charge in [-0.15, -0.1) is 12.4 Å². The van der Waals surface area contributed by atoms with E-state index in [-0.39, 0.29) is 29.8 Å². The van der Waals surface area contributed by atoms with Gasteiger partial charge < -0.3 is 20.5 Å². The molecule has 0 bridgehead atoms. The van der Waals surface area contributed by atoms with E-state index in [1.807, 2.05) is 26.0 Å². The molecule has 1 aliphatic heterocycles. The SMILES string of the molecule is CCOc1ccc(C2(CNC(=O)CCC(C)N)CCOCC2)cc1.Cl. The zero-order valence-corrected chi connectivity index (χ0v) is 16.1. The van der Waals surface area contributed by atoms with Gasteiger partial charge in [0, 0.05) is 37.6 Å². The van der Waals surface area contributed by atoms with Crippen molar-refractivity contribution >= 4 is 18.3 Å². The fraction of sp³-hybridized carbons (Fsp3) is 0.632. The first-order valence-electron chi connectivity index (χ1n) is 8.89. The van der Waals surface area contributed by atoms with Crippen LogP contribution >= 0.6 is 12.4 Å². The number of nitrogens with two attached hydrogens (primary N) is 1. The van der Waals surface area contributed by atoms with Crippen molar-refractivity contribution in [3.63, 3.8) is 0 Å². The monoisotopic (exact) mass is 370 g/mol. The minimum Gasteiger partial charge on any atom is -0.494 e. The predicted octanol–water partition coefficient (Wildman–Crippen LogP) is 2.80. The lowest BCUT2D eigenvalue weighted by Crippen LogP contribution is -2.44. The molecule has 1 amide bonds. The van der Waals surface area contributed by atoms with Gasteiger partial charge in [-0.3, -0.25) is 4.79 Å². The highest BCUT2D eigenvalue weighted by Crippen LogP contribution is 2.35. The van der Waals surface area contributed by atoms with E-state index in [0.29, 0.717) is 26.0 Å². The van der Waals surface area contributed by atoms with E-state index in [4.69, 9.17) is 15.2 Å². The number of halogens is 1. The maximum Gasteiger partial charge on any atom is 0.220 e. The summed E-state index contributed by atoms with van der Waals surface area (Å²) in [5.41, 5.74) is 6.90. The van der Waals surface area contributed by atoms with Crippen LogP contribution in [0.25, 0.3) is 0 Å². The number of hydrogen-bond acceptors (Lipinski definition) is 4. The van der Waals surface area contributed by atoms with Crippen LogP contribution in [0.15, 0.2) is 24.3 Å². The van der Waals surface area contributed by atoms with Gasteiger partial charge in [-0.25, -0.2) is 0 Å². The van der Waals surface area contributed by atoms with Crippen LogP contribution in [0, 0.1) is 0 Å². The smallest absolute Gasteiger partial charge is 0.220 e. The number of ether oxygens (including phenoxy) is 2. The van der Waals surface area contributed by atoms with Crippen molar-refractivity contribution in [1.29, 1.82) is 0 Å². The van der Waals surface area contributed by atoms with Crippen LogP contribution in [0.3, 0.4) is 0 Å². The van der Waals surface area contributed by atoms with Crippen LogP contribution in [0.4, 0.5) is 0 Å². The van der Waals surface area contributed by atoms with E-state index in [9.17, 15) is 4.79 Å². The fourth-order valence-corrected chi connectivity index (χ4v) is 3.12. The average Bonchev–Trinajstić information content (AvgIpc) is 2.60. The Labute approximate surface area is 157 Å². The number of nitrogens with one attached hydrogen (secondary N) is 1. The Morgan fingerprint density at radius 3 is 2.52 bits per heavy atom. The second-order valence-corrected chi connectivity index (χ2v) is 6.64. The molecular formula is C19H31ClN2O3. The van der Waals surface area contributed by atoms with Gasteiger partial charge in [0.2, 0.25) is 5.91 Å². The summed E-state index contributed by atoms with van der Waals surface area (Å²) in [6.07, 6.45) is 3.02. The maximum absolute atomic E-state index is 12.1. The molecule has 1 aromatic rings. The number of carbonyl (C=O) groups is 1. The van der Waals surface area contributed by atoms with E-state index < -0.39 is 0 Å². The molecule has 3 N–H and O–H groups in total. The van der Waals surface area contributed by atoms with Crippen LogP contribution in [-0.2, 0) is 14.9 Å². The molecular weight excluding hydrogens is 340 g/mol. The highest BCUT2D eigenvalue weighted by molar-refractivity contribution is 5.85. The molecule has 5 nitrogen and oxygen atoms in total. The van der Waals surface area contributed by atoms with Crippen molar-refractivity contribution in [2.75, 3.05) is 26.4 Å². The van der Waals surface area contributed by atoms with Crippen LogP contribution in [0.1, 0.15) is 45.1 Å². The lowest BCUT2D eigenvalue weighted by molar-refractivity contribution is -0.121. The molecule has 6 heteroatoms. The second-order valence-electron chi connectivity index (χ2n) is 6.64. The number of benzene rings is 1. The minimum atomic E-state index is -0.0625. The summed E-state index contributed by atoms with van der Waals surface area (Å²) in [6.45, 7) is 6.65. The van der Waals surface area contributed by atoms with Gasteiger partial charge in [-0.05, 0) is 50.8 Å². The van der Waals surface area contributed by atoms with Crippen LogP contribution in [0.5, 0.6) is 5.75 Å². The van der Waals surface area contributed by atoms with Crippen molar-refractivity contribution in [2.24, 2.45) is 5.73 Å². The third-order valence-electron chi connectivity index (χ3n) is 4.68.